The highest BCUT2D eigenvalue weighted by Gasteiger charge is 2.36. The second-order valence-electron chi connectivity index (χ2n) is 9.99. The number of carbonyl (C=O) groups is 3. The topological polar surface area (TPSA) is 73.0 Å². The summed E-state index contributed by atoms with van der Waals surface area (Å²) in [4.78, 5) is 44.4. The number of urea groups is 1. The van der Waals surface area contributed by atoms with Gasteiger partial charge in [0.15, 0.2) is 0 Å². The van der Waals surface area contributed by atoms with Gasteiger partial charge in [0.25, 0.3) is 0 Å². The minimum Gasteiger partial charge on any atom is -0.368 e. The first-order valence-corrected chi connectivity index (χ1v) is 12.8. The van der Waals surface area contributed by atoms with Gasteiger partial charge in [0.1, 0.15) is 0 Å². The van der Waals surface area contributed by atoms with Crippen molar-refractivity contribution in [3.8, 4) is 0 Å². The Morgan fingerprint density at radius 2 is 1.46 bits per heavy atom. The highest BCUT2D eigenvalue weighted by atomic mass is 16.2. The van der Waals surface area contributed by atoms with E-state index in [1.165, 1.54) is 10.6 Å². The molecule has 5 rings (SSSR count). The number of hydrogen-bond donors (Lipinski definition) is 1. The van der Waals surface area contributed by atoms with Crippen molar-refractivity contribution in [2.45, 2.75) is 38.1 Å². The van der Waals surface area contributed by atoms with Gasteiger partial charge in [-0.05, 0) is 49.3 Å². The number of para-hydroxylation sites is 1. The number of amides is 4. The largest absolute Gasteiger partial charge is 0.368 e. The Labute approximate surface area is 207 Å². The lowest BCUT2D eigenvalue weighted by molar-refractivity contribution is -0.137. The maximum absolute atomic E-state index is 13.1. The molecule has 0 bridgehead atoms. The smallest absolute Gasteiger partial charge is 0.324 e. The molecule has 1 N–H and O–H groups in total. The lowest BCUT2D eigenvalue weighted by Crippen LogP contribution is -2.53. The number of rotatable bonds is 5. The Morgan fingerprint density at radius 3 is 2.09 bits per heavy atom. The Bertz CT molecular complexity index is 1010. The molecule has 3 fully saturated rings. The Balaban J connectivity index is 1.08. The maximum Gasteiger partial charge on any atom is 0.324 e. The molecule has 2 aromatic rings. The Hall–Kier alpha value is -3.35. The zero-order chi connectivity index (χ0) is 24.2. The fraction of sp³-hybridized carbons (Fsp3) is 0.464. The van der Waals surface area contributed by atoms with Gasteiger partial charge < -0.3 is 15.1 Å². The van der Waals surface area contributed by atoms with Crippen molar-refractivity contribution in [3.05, 3.63) is 66.2 Å². The van der Waals surface area contributed by atoms with E-state index in [0.717, 1.165) is 57.4 Å². The van der Waals surface area contributed by atoms with E-state index in [1.807, 2.05) is 53.4 Å². The van der Waals surface area contributed by atoms with Gasteiger partial charge in [-0.2, -0.15) is 0 Å². The molecule has 7 nitrogen and oxygen atoms in total. The molecular formula is C28H34N4O3. The molecule has 35 heavy (non-hydrogen) atoms. The van der Waals surface area contributed by atoms with E-state index in [-0.39, 0.29) is 35.7 Å². The lowest BCUT2D eigenvalue weighted by Gasteiger charge is -2.39. The van der Waals surface area contributed by atoms with Gasteiger partial charge in [0, 0.05) is 44.3 Å². The van der Waals surface area contributed by atoms with Crippen molar-refractivity contribution < 1.29 is 14.4 Å². The van der Waals surface area contributed by atoms with E-state index in [2.05, 4.69) is 22.3 Å². The van der Waals surface area contributed by atoms with Crippen molar-refractivity contribution in [2.75, 3.05) is 37.6 Å². The molecule has 0 aromatic heterocycles. The molecule has 1 aliphatic carbocycles. The molecule has 2 heterocycles. The van der Waals surface area contributed by atoms with Gasteiger partial charge in [-0.15, -0.1) is 0 Å². The SMILES string of the molecule is O=C1CC(c2ccccc2)NC(=O)N1C[C@H]1CC[C@H](C(=O)N2CCN(c3ccccc3)CC2)CC1. The Kier molecular flexibility index (Phi) is 7.02. The molecule has 184 valence electrons. The van der Waals surface area contributed by atoms with Crippen molar-refractivity contribution in [1.29, 1.82) is 0 Å². The quantitative estimate of drug-likeness (QED) is 0.715. The van der Waals surface area contributed by atoms with Crippen LogP contribution in [0.4, 0.5) is 10.5 Å². The van der Waals surface area contributed by atoms with Crippen molar-refractivity contribution >= 4 is 23.5 Å². The third-order valence-electron chi connectivity index (χ3n) is 7.77. The lowest BCUT2D eigenvalue weighted by atomic mass is 9.81. The van der Waals surface area contributed by atoms with Gasteiger partial charge in [0.05, 0.1) is 12.5 Å². The number of imide groups is 1. The summed E-state index contributed by atoms with van der Waals surface area (Å²) < 4.78 is 0. The van der Waals surface area contributed by atoms with Crippen LogP contribution < -0.4 is 10.2 Å². The standard InChI is InChI=1S/C28H34N4O3/c33-26-19-25(22-7-3-1-4-8-22)29-28(35)32(26)20-21-11-13-23(14-12-21)27(34)31-17-15-30(16-18-31)24-9-5-2-6-10-24/h1-10,21,23,25H,11-20H2,(H,29,35)/t21-,23-,25?. The molecule has 1 saturated carbocycles. The number of anilines is 1. The van der Waals surface area contributed by atoms with Crippen LogP contribution in [0.25, 0.3) is 0 Å². The second kappa shape index (κ2) is 10.5. The summed E-state index contributed by atoms with van der Waals surface area (Å²) in [5, 5.41) is 2.99. The summed E-state index contributed by atoms with van der Waals surface area (Å²) in [6, 6.07) is 19.4. The van der Waals surface area contributed by atoms with E-state index in [0.29, 0.717) is 13.0 Å². The third-order valence-corrected chi connectivity index (χ3v) is 7.77. The summed E-state index contributed by atoms with van der Waals surface area (Å²) in [5.74, 6) is 0.477. The molecule has 0 spiro atoms. The summed E-state index contributed by atoms with van der Waals surface area (Å²) in [7, 11) is 0. The molecule has 1 unspecified atom stereocenters. The van der Waals surface area contributed by atoms with Crippen molar-refractivity contribution in [2.24, 2.45) is 11.8 Å². The molecule has 7 heteroatoms. The molecule has 1 atom stereocenters. The van der Waals surface area contributed by atoms with Crippen LogP contribution in [0.1, 0.15) is 43.7 Å². The number of benzene rings is 2. The van der Waals surface area contributed by atoms with Gasteiger partial charge in [-0.1, -0.05) is 48.5 Å². The normalized spacial score (nSPS) is 25.4. The average Bonchev–Trinajstić information content (AvgIpc) is 2.92. The predicted octanol–water partition coefficient (Wildman–Crippen LogP) is 3.82. The highest BCUT2D eigenvalue weighted by Crippen LogP contribution is 2.32. The van der Waals surface area contributed by atoms with E-state index in [9.17, 15) is 14.4 Å². The van der Waals surface area contributed by atoms with Crippen molar-refractivity contribution in [3.63, 3.8) is 0 Å². The summed E-state index contributed by atoms with van der Waals surface area (Å²) >= 11 is 0. The van der Waals surface area contributed by atoms with Crippen LogP contribution in [0, 0.1) is 11.8 Å². The zero-order valence-electron chi connectivity index (χ0n) is 20.1. The molecular weight excluding hydrogens is 440 g/mol. The summed E-state index contributed by atoms with van der Waals surface area (Å²) in [6.45, 7) is 3.70. The van der Waals surface area contributed by atoms with Crippen LogP contribution in [0.15, 0.2) is 60.7 Å². The van der Waals surface area contributed by atoms with Gasteiger partial charge in [0.2, 0.25) is 11.8 Å². The number of piperazine rings is 1. The Morgan fingerprint density at radius 1 is 0.829 bits per heavy atom. The first-order chi connectivity index (χ1) is 17.1. The number of nitrogens with zero attached hydrogens (tertiary/aromatic N) is 3. The monoisotopic (exact) mass is 474 g/mol. The second-order valence-corrected chi connectivity index (χ2v) is 9.99. The van der Waals surface area contributed by atoms with E-state index in [4.69, 9.17) is 0 Å². The number of carbonyl (C=O) groups excluding carboxylic acids is 3. The van der Waals surface area contributed by atoms with Crippen molar-refractivity contribution in [1.82, 2.24) is 15.1 Å². The van der Waals surface area contributed by atoms with Crippen LogP contribution in [0.3, 0.4) is 0 Å². The number of nitrogens with one attached hydrogen (secondary N) is 1. The zero-order valence-corrected chi connectivity index (χ0v) is 20.1. The van der Waals surface area contributed by atoms with Gasteiger partial charge >= 0.3 is 6.03 Å². The molecule has 0 radical (unpaired) electrons. The molecule has 2 saturated heterocycles. The average molecular weight is 475 g/mol. The summed E-state index contributed by atoms with van der Waals surface area (Å²) in [5.41, 5.74) is 2.17. The highest BCUT2D eigenvalue weighted by molar-refractivity contribution is 5.97. The van der Waals surface area contributed by atoms with Crippen LogP contribution in [0.5, 0.6) is 0 Å². The predicted molar refractivity (Wildman–Crippen MR) is 135 cm³/mol. The van der Waals surface area contributed by atoms with E-state index in [1.54, 1.807) is 0 Å². The number of hydrogen-bond acceptors (Lipinski definition) is 4. The van der Waals surface area contributed by atoms with E-state index < -0.39 is 0 Å². The summed E-state index contributed by atoms with van der Waals surface area (Å²) in [6.07, 6.45) is 3.70. The minimum absolute atomic E-state index is 0.0582. The first-order valence-electron chi connectivity index (χ1n) is 12.8. The molecule has 3 aliphatic rings. The first kappa shape index (κ1) is 23.4. The van der Waals surface area contributed by atoms with Crippen LogP contribution >= 0.6 is 0 Å². The minimum atomic E-state index is -0.301. The van der Waals surface area contributed by atoms with Gasteiger partial charge in [-0.3, -0.25) is 14.5 Å². The van der Waals surface area contributed by atoms with Crippen LogP contribution in [0.2, 0.25) is 0 Å². The fourth-order valence-electron chi connectivity index (χ4n) is 5.68. The molecule has 2 aliphatic heterocycles. The fourth-order valence-corrected chi connectivity index (χ4v) is 5.68. The van der Waals surface area contributed by atoms with Crippen LogP contribution in [-0.2, 0) is 9.59 Å². The third kappa shape index (κ3) is 5.34. The molecule has 4 amide bonds. The van der Waals surface area contributed by atoms with E-state index >= 15 is 0 Å². The van der Waals surface area contributed by atoms with Gasteiger partial charge in [-0.25, -0.2) is 4.79 Å². The maximum atomic E-state index is 13.1. The van der Waals surface area contributed by atoms with Crippen LogP contribution in [-0.4, -0.2) is 60.4 Å². The molecule has 2 aromatic carbocycles.